The Hall–Kier alpha value is -0.740. The molecule has 1 rings (SSSR count). The number of hydrogen-bond donors (Lipinski definition) is 2. The molecule has 12 heavy (non-hydrogen) atoms. The zero-order chi connectivity index (χ0) is 9.56. The van der Waals surface area contributed by atoms with Crippen LogP contribution in [-0.4, -0.2) is 24.4 Å². The van der Waals surface area contributed by atoms with E-state index >= 15 is 0 Å². The molecule has 0 spiro atoms. The largest absolute Gasteiger partial charge is 0.504 e. The predicted octanol–water partition coefficient (Wildman–Crippen LogP) is 2.12. The van der Waals surface area contributed by atoms with Crippen molar-refractivity contribution in [1.82, 2.24) is 0 Å². The summed E-state index contributed by atoms with van der Waals surface area (Å²) in [6, 6.07) is 4.49. The van der Waals surface area contributed by atoms with Gasteiger partial charge in [-0.25, -0.2) is 0 Å². The number of benzene rings is 1. The second kappa shape index (κ2) is 5.85. The molecule has 0 aliphatic rings. The maximum Gasteiger partial charge on any atom is 0.158 e. The Labute approximate surface area is 79.7 Å². The average Bonchev–Trinajstić information content (AvgIpc) is 1.99. The van der Waals surface area contributed by atoms with Gasteiger partial charge in [0.25, 0.3) is 0 Å². The maximum absolute atomic E-state index is 8.82. The van der Waals surface area contributed by atoms with Gasteiger partial charge in [0, 0.05) is 18.7 Å². The summed E-state index contributed by atoms with van der Waals surface area (Å²) in [5.74, 6) is -0.206. The van der Waals surface area contributed by atoms with E-state index in [0.717, 1.165) is 4.47 Å². The second-order valence-electron chi connectivity index (χ2n) is 2.04. The van der Waals surface area contributed by atoms with Crippen LogP contribution in [0.5, 0.6) is 11.5 Å². The van der Waals surface area contributed by atoms with Gasteiger partial charge in [0.15, 0.2) is 11.5 Å². The fourth-order valence-electron chi connectivity index (χ4n) is 0.497. The summed E-state index contributed by atoms with van der Waals surface area (Å²) < 4.78 is 5.00. The van der Waals surface area contributed by atoms with Crippen molar-refractivity contribution in [2.24, 2.45) is 0 Å². The van der Waals surface area contributed by atoms with Gasteiger partial charge in [-0.3, -0.25) is 0 Å². The Morgan fingerprint density at radius 3 is 2.00 bits per heavy atom. The number of rotatable bonds is 0. The number of aromatic hydroxyl groups is 2. The van der Waals surface area contributed by atoms with Gasteiger partial charge in [0.1, 0.15) is 0 Å². The van der Waals surface area contributed by atoms with E-state index in [-0.39, 0.29) is 11.5 Å². The molecule has 0 aliphatic carbocycles. The molecule has 0 heterocycles. The van der Waals surface area contributed by atoms with Crippen LogP contribution in [-0.2, 0) is 4.74 Å². The zero-order valence-electron chi connectivity index (χ0n) is 6.91. The van der Waals surface area contributed by atoms with E-state index in [9.17, 15) is 0 Å². The second-order valence-corrected chi connectivity index (χ2v) is 2.96. The molecule has 0 saturated carbocycles. The lowest BCUT2D eigenvalue weighted by atomic mass is 10.3. The Kier molecular flexibility index (Phi) is 5.49. The topological polar surface area (TPSA) is 49.7 Å². The monoisotopic (exact) mass is 234 g/mol. The van der Waals surface area contributed by atoms with Gasteiger partial charge in [0.05, 0.1) is 0 Å². The molecule has 1 aromatic rings. The molecule has 1 aromatic carbocycles. The lowest BCUT2D eigenvalue weighted by Crippen LogP contribution is -1.66. The smallest absolute Gasteiger partial charge is 0.158 e. The quantitative estimate of drug-likeness (QED) is 0.677. The van der Waals surface area contributed by atoms with Crippen LogP contribution >= 0.6 is 15.9 Å². The normalized spacial score (nSPS) is 8.58. The molecule has 0 atom stereocenters. The highest BCUT2D eigenvalue weighted by Crippen LogP contribution is 2.26. The highest BCUT2D eigenvalue weighted by atomic mass is 79.9. The average molecular weight is 235 g/mol. The van der Waals surface area contributed by atoms with E-state index in [0.29, 0.717) is 0 Å². The third-order valence-electron chi connectivity index (χ3n) is 0.937. The number of methoxy groups -OCH3 is 1. The van der Waals surface area contributed by atoms with Gasteiger partial charge < -0.3 is 14.9 Å². The lowest BCUT2D eigenvalue weighted by molar-refractivity contribution is 0.277. The number of ether oxygens (including phenoxy) is 1. The Morgan fingerprint density at radius 2 is 1.67 bits per heavy atom. The third-order valence-corrected chi connectivity index (χ3v) is 1.43. The van der Waals surface area contributed by atoms with Gasteiger partial charge in [-0.2, -0.15) is 0 Å². The first-order chi connectivity index (χ1) is 5.61. The van der Waals surface area contributed by atoms with E-state index < -0.39 is 0 Å². The Bertz CT molecular complexity index is 238. The van der Waals surface area contributed by atoms with Gasteiger partial charge in [-0.1, -0.05) is 15.9 Å². The van der Waals surface area contributed by atoms with E-state index in [1.54, 1.807) is 20.3 Å². The molecule has 68 valence electrons. The molecule has 0 bridgehead atoms. The van der Waals surface area contributed by atoms with Crippen molar-refractivity contribution in [3.05, 3.63) is 22.7 Å². The third kappa shape index (κ3) is 4.20. The minimum Gasteiger partial charge on any atom is -0.504 e. The van der Waals surface area contributed by atoms with E-state index in [2.05, 4.69) is 20.7 Å². The highest BCUT2D eigenvalue weighted by molar-refractivity contribution is 9.10. The number of hydrogen-bond acceptors (Lipinski definition) is 3. The molecule has 0 fully saturated rings. The van der Waals surface area contributed by atoms with Crippen molar-refractivity contribution in [2.75, 3.05) is 14.2 Å². The van der Waals surface area contributed by atoms with Crippen molar-refractivity contribution < 1.29 is 14.9 Å². The van der Waals surface area contributed by atoms with Crippen LogP contribution in [0.2, 0.25) is 0 Å². The maximum atomic E-state index is 8.82. The number of phenols is 2. The molecular weight excluding hydrogens is 224 g/mol. The van der Waals surface area contributed by atoms with Gasteiger partial charge in [-0.05, 0) is 18.2 Å². The van der Waals surface area contributed by atoms with E-state index in [4.69, 9.17) is 10.2 Å². The molecular formula is C8H11BrO3. The summed E-state index contributed by atoms with van der Waals surface area (Å²) in [5.41, 5.74) is 0. The van der Waals surface area contributed by atoms with E-state index in [1.165, 1.54) is 12.1 Å². The summed E-state index contributed by atoms with van der Waals surface area (Å²) in [6.45, 7) is 0. The summed E-state index contributed by atoms with van der Waals surface area (Å²) in [6.07, 6.45) is 0. The standard InChI is InChI=1S/C6H5BrO2.C2H6O/c7-4-1-2-5(8)6(9)3-4;1-3-2/h1-3,8-9H;1-2H3. The fourth-order valence-corrected chi connectivity index (χ4v) is 0.846. The first-order valence-electron chi connectivity index (χ1n) is 3.19. The van der Waals surface area contributed by atoms with Crippen LogP contribution in [0.25, 0.3) is 0 Å². The van der Waals surface area contributed by atoms with Crippen LogP contribution in [0.4, 0.5) is 0 Å². The summed E-state index contributed by atoms with van der Waals surface area (Å²) in [7, 11) is 3.25. The molecule has 2 N–H and O–H groups in total. The zero-order valence-corrected chi connectivity index (χ0v) is 8.50. The van der Waals surface area contributed by atoms with Gasteiger partial charge in [0.2, 0.25) is 0 Å². The molecule has 3 nitrogen and oxygen atoms in total. The Morgan fingerprint density at radius 1 is 1.17 bits per heavy atom. The van der Waals surface area contributed by atoms with Crippen LogP contribution in [0, 0.1) is 0 Å². The van der Waals surface area contributed by atoms with Crippen molar-refractivity contribution in [1.29, 1.82) is 0 Å². The summed E-state index contributed by atoms with van der Waals surface area (Å²) in [4.78, 5) is 0. The van der Waals surface area contributed by atoms with Crippen LogP contribution in [0.3, 0.4) is 0 Å². The first kappa shape index (κ1) is 11.3. The Balaban J connectivity index is 0.000000354. The molecule has 0 amide bonds. The molecule has 0 aliphatic heterocycles. The number of halogens is 1. The predicted molar refractivity (Wildman–Crippen MR) is 50.4 cm³/mol. The van der Waals surface area contributed by atoms with Crippen LogP contribution in [0.1, 0.15) is 0 Å². The van der Waals surface area contributed by atoms with Crippen molar-refractivity contribution in [3.63, 3.8) is 0 Å². The minimum atomic E-state index is -0.107. The summed E-state index contributed by atoms with van der Waals surface area (Å²) in [5, 5.41) is 17.6. The minimum absolute atomic E-state index is 0.0989. The fraction of sp³-hybridized carbons (Fsp3) is 0.250. The highest BCUT2D eigenvalue weighted by Gasteiger charge is 1.95. The van der Waals surface area contributed by atoms with E-state index in [1.807, 2.05) is 0 Å². The first-order valence-corrected chi connectivity index (χ1v) is 3.98. The van der Waals surface area contributed by atoms with Crippen molar-refractivity contribution in [3.8, 4) is 11.5 Å². The van der Waals surface area contributed by atoms with Crippen LogP contribution < -0.4 is 0 Å². The van der Waals surface area contributed by atoms with Crippen molar-refractivity contribution >= 4 is 15.9 Å². The molecule has 0 aromatic heterocycles. The summed E-state index contributed by atoms with van der Waals surface area (Å²) >= 11 is 3.13. The molecule has 0 unspecified atom stereocenters. The van der Waals surface area contributed by atoms with Crippen LogP contribution in [0.15, 0.2) is 22.7 Å². The molecule has 0 saturated heterocycles. The van der Waals surface area contributed by atoms with Gasteiger partial charge in [-0.15, -0.1) is 0 Å². The SMILES string of the molecule is COC.Oc1ccc(Br)cc1O. The number of phenolic OH excluding ortho intramolecular Hbond substituents is 2. The lowest BCUT2D eigenvalue weighted by Gasteiger charge is -1.94. The van der Waals surface area contributed by atoms with Crippen molar-refractivity contribution in [2.45, 2.75) is 0 Å². The molecule has 0 radical (unpaired) electrons. The van der Waals surface area contributed by atoms with Gasteiger partial charge >= 0.3 is 0 Å². The molecule has 4 heteroatoms.